The minimum atomic E-state index is -0.796. The number of rotatable bonds is 2. The van der Waals surface area contributed by atoms with Crippen molar-refractivity contribution in [3.63, 3.8) is 0 Å². The molecule has 8 nitrogen and oxygen atoms in total. The van der Waals surface area contributed by atoms with E-state index in [9.17, 15) is 14.4 Å². The number of nitrogens with one attached hydrogen (secondary N) is 1. The van der Waals surface area contributed by atoms with Gasteiger partial charge in [-0.15, -0.1) is 0 Å². The van der Waals surface area contributed by atoms with Gasteiger partial charge in [0.05, 0.1) is 6.61 Å². The molecule has 1 amide bonds. The number of anilines is 2. The highest BCUT2D eigenvalue weighted by molar-refractivity contribution is 5.87. The van der Waals surface area contributed by atoms with Crippen molar-refractivity contribution in [1.82, 2.24) is 9.13 Å². The number of hydrogen-bond donors (Lipinski definition) is 2. The molecule has 8 heteroatoms. The second-order valence-electron chi connectivity index (χ2n) is 3.31. The van der Waals surface area contributed by atoms with E-state index in [1.807, 2.05) is 0 Å². The predicted octanol–water partition coefficient (Wildman–Crippen LogP) is -0.765. The van der Waals surface area contributed by atoms with Crippen molar-refractivity contribution in [2.75, 3.05) is 17.7 Å². The number of nitrogens with two attached hydrogens (primary N) is 1. The van der Waals surface area contributed by atoms with Crippen LogP contribution in [0.1, 0.15) is 6.92 Å². The summed E-state index contributed by atoms with van der Waals surface area (Å²) in [5.41, 5.74) is 4.15. The van der Waals surface area contributed by atoms with Gasteiger partial charge in [-0.3, -0.25) is 19.2 Å². The molecule has 0 saturated heterocycles. The first kappa shape index (κ1) is 12.8. The molecular weight excluding hydrogens is 228 g/mol. The fourth-order valence-electron chi connectivity index (χ4n) is 1.25. The maximum atomic E-state index is 11.7. The Hall–Kier alpha value is -2.25. The van der Waals surface area contributed by atoms with Crippen LogP contribution in [-0.4, -0.2) is 21.8 Å². The first-order chi connectivity index (χ1) is 7.90. The Balaban J connectivity index is 3.31. The summed E-state index contributed by atoms with van der Waals surface area (Å²) in [4.78, 5) is 34.4. The summed E-state index contributed by atoms with van der Waals surface area (Å²) in [6.07, 6.45) is -0.796. The Morgan fingerprint density at radius 1 is 1.35 bits per heavy atom. The fourth-order valence-corrected chi connectivity index (χ4v) is 1.25. The minimum absolute atomic E-state index is 0.119. The molecule has 0 spiro atoms. The molecule has 1 aromatic rings. The molecule has 0 unspecified atom stereocenters. The normalized spacial score (nSPS) is 10.1. The van der Waals surface area contributed by atoms with Crippen molar-refractivity contribution < 1.29 is 9.53 Å². The molecule has 0 bridgehead atoms. The lowest BCUT2D eigenvalue weighted by atomic mass is 10.4. The van der Waals surface area contributed by atoms with Crippen molar-refractivity contribution in [2.45, 2.75) is 6.92 Å². The molecule has 0 aromatic carbocycles. The predicted molar refractivity (Wildman–Crippen MR) is 62.0 cm³/mol. The van der Waals surface area contributed by atoms with E-state index in [0.717, 1.165) is 9.13 Å². The standard InChI is InChI=1S/C9H14N4O4/c1-4-17-8(15)11-5-6(10)12(2)9(16)13(3)7(5)14/h4,10H2,1-3H3,(H,11,15). The lowest BCUT2D eigenvalue weighted by Gasteiger charge is -2.11. The largest absolute Gasteiger partial charge is 0.450 e. The molecule has 1 heterocycles. The summed E-state index contributed by atoms with van der Waals surface area (Å²) in [6.45, 7) is 1.79. The first-order valence-electron chi connectivity index (χ1n) is 4.89. The molecule has 0 aliphatic heterocycles. The van der Waals surface area contributed by atoms with Crippen LogP contribution in [0.25, 0.3) is 0 Å². The van der Waals surface area contributed by atoms with Gasteiger partial charge in [0.2, 0.25) is 0 Å². The highest BCUT2D eigenvalue weighted by Crippen LogP contribution is 2.09. The van der Waals surface area contributed by atoms with Crippen molar-refractivity contribution in [1.29, 1.82) is 0 Å². The van der Waals surface area contributed by atoms with Crippen molar-refractivity contribution in [3.05, 3.63) is 20.8 Å². The summed E-state index contributed by atoms with van der Waals surface area (Å²) in [6, 6.07) is 0. The number of nitrogens with zero attached hydrogens (tertiary/aromatic N) is 2. The van der Waals surface area contributed by atoms with Gasteiger partial charge < -0.3 is 10.5 Å². The lowest BCUT2D eigenvalue weighted by Crippen LogP contribution is -2.40. The number of hydrogen-bond acceptors (Lipinski definition) is 5. The third-order valence-electron chi connectivity index (χ3n) is 2.21. The van der Waals surface area contributed by atoms with Crippen LogP contribution >= 0.6 is 0 Å². The second kappa shape index (κ2) is 4.73. The summed E-state index contributed by atoms with van der Waals surface area (Å²) in [7, 11) is 2.69. The monoisotopic (exact) mass is 242 g/mol. The number of aromatic nitrogens is 2. The van der Waals surface area contributed by atoms with Crippen LogP contribution < -0.4 is 22.3 Å². The Morgan fingerprint density at radius 3 is 2.47 bits per heavy atom. The minimum Gasteiger partial charge on any atom is -0.450 e. The second-order valence-corrected chi connectivity index (χ2v) is 3.31. The van der Waals surface area contributed by atoms with E-state index in [1.54, 1.807) is 6.92 Å². The average molecular weight is 242 g/mol. The number of nitrogen functional groups attached to an aromatic ring is 1. The molecule has 17 heavy (non-hydrogen) atoms. The van der Waals surface area contributed by atoms with Gasteiger partial charge in [0.15, 0.2) is 5.69 Å². The van der Waals surface area contributed by atoms with Crippen LogP contribution in [0, 0.1) is 0 Å². The number of amides is 1. The van der Waals surface area contributed by atoms with E-state index in [1.165, 1.54) is 14.1 Å². The highest BCUT2D eigenvalue weighted by atomic mass is 16.5. The molecule has 94 valence electrons. The highest BCUT2D eigenvalue weighted by Gasteiger charge is 2.15. The maximum Gasteiger partial charge on any atom is 0.411 e. The van der Waals surface area contributed by atoms with Crippen LogP contribution in [0.4, 0.5) is 16.3 Å². The van der Waals surface area contributed by atoms with Crippen molar-refractivity contribution in [3.8, 4) is 0 Å². The molecule has 0 atom stereocenters. The van der Waals surface area contributed by atoms with Crippen LogP contribution in [0.15, 0.2) is 9.59 Å². The number of ether oxygens (including phenoxy) is 1. The Bertz CT molecular complexity index is 557. The van der Waals surface area contributed by atoms with Crippen molar-refractivity contribution >= 4 is 17.6 Å². The average Bonchev–Trinajstić information content (AvgIpc) is 2.30. The molecule has 0 fully saturated rings. The van der Waals surface area contributed by atoms with E-state index in [0.29, 0.717) is 0 Å². The summed E-state index contributed by atoms with van der Waals surface area (Å²) < 4.78 is 6.53. The molecule has 0 aliphatic carbocycles. The zero-order valence-electron chi connectivity index (χ0n) is 9.81. The smallest absolute Gasteiger partial charge is 0.411 e. The molecule has 3 N–H and O–H groups in total. The molecule has 1 aromatic heterocycles. The summed E-state index contributed by atoms with van der Waals surface area (Å²) in [5.74, 6) is -0.119. The topological polar surface area (TPSA) is 108 Å². The maximum absolute atomic E-state index is 11.7. The quantitative estimate of drug-likeness (QED) is 0.708. The molecule has 0 radical (unpaired) electrons. The van der Waals surface area contributed by atoms with Gasteiger partial charge >= 0.3 is 11.8 Å². The zero-order chi connectivity index (χ0) is 13.2. The van der Waals surface area contributed by atoms with Gasteiger partial charge in [0.25, 0.3) is 5.56 Å². The SMILES string of the molecule is CCOC(=O)Nc1c(N)n(C)c(=O)n(C)c1=O. The van der Waals surface area contributed by atoms with Crippen LogP contribution in [0.3, 0.4) is 0 Å². The molecule has 0 aliphatic rings. The van der Waals surface area contributed by atoms with Crippen LogP contribution in [-0.2, 0) is 18.8 Å². The van der Waals surface area contributed by atoms with E-state index >= 15 is 0 Å². The van der Waals surface area contributed by atoms with Crippen LogP contribution in [0.2, 0.25) is 0 Å². The van der Waals surface area contributed by atoms with Gasteiger partial charge in [0, 0.05) is 14.1 Å². The van der Waals surface area contributed by atoms with Gasteiger partial charge in [-0.1, -0.05) is 0 Å². The molecule has 1 rings (SSSR count). The summed E-state index contributed by atoms with van der Waals surface area (Å²) >= 11 is 0. The Labute approximate surface area is 96.6 Å². The van der Waals surface area contributed by atoms with E-state index in [4.69, 9.17) is 5.73 Å². The van der Waals surface area contributed by atoms with E-state index < -0.39 is 17.3 Å². The zero-order valence-corrected chi connectivity index (χ0v) is 9.81. The Morgan fingerprint density at radius 2 is 1.94 bits per heavy atom. The Kier molecular flexibility index (Phi) is 3.56. The first-order valence-corrected chi connectivity index (χ1v) is 4.89. The summed E-state index contributed by atoms with van der Waals surface area (Å²) in [5, 5.41) is 2.21. The van der Waals surface area contributed by atoms with Gasteiger partial charge in [0.1, 0.15) is 5.82 Å². The number of carbonyl (C=O) groups is 1. The van der Waals surface area contributed by atoms with Crippen LogP contribution in [0.5, 0.6) is 0 Å². The lowest BCUT2D eigenvalue weighted by molar-refractivity contribution is 0.168. The van der Waals surface area contributed by atoms with E-state index in [-0.39, 0.29) is 18.1 Å². The van der Waals surface area contributed by atoms with Gasteiger partial charge in [-0.05, 0) is 6.92 Å². The fraction of sp³-hybridized carbons (Fsp3) is 0.444. The number of carbonyl (C=O) groups excluding carboxylic acids is 1. The third kappa shape index (κ3) is 2.30. The van der Waals surface area contributed by atoms with E-state index in [2.05, 4.69) is 10.1 Å². The molecule has 0 saturated carbocycles. The molecular formula is C9H14N4O4. The van der Waals surface area contributed by atoms with Gasteiger partial charge in [-0.2, -0.15) is 0 Å². The van der Waals surface area contributed by atoms with Crippen molar-refractivity contribution in [2.24, 2.45) is 14.1 Å². The third-order valence-corrected chi connectivity index (χ3v) is 2.21. The van der Waals surface area contributed by atoms with Gasteiger partial charge in [-0.25, -0.2) is 9.59 Å².